The fourth-order valence-corrected chi connectivity index (χ4v) is 1.55. The quantitative estimate of drug-likeness (QED) is 0.732. The molecule has 0 saturated heterocycles. The van der Waals surface area contributed by atoms with E-state index in [4.69, 9.17) is 9.47 Å². The van der Waals surface area contributed by atoms with E-state index >= 15 is 0 Å². The van der Waals surface area contributed by atoms with Crippen molar-refractivity contribution >= 4 is 5.97 Å². The lowest BCUT2D eigenvalue weighted by molar-refractivity contribution is -0.150. The molecule has 1 fully saturated rings. The first-order chi connectivity index (χ1) is 7.70. The van der Waals surface area contributed by atoms with Crippen LogP contribution >= 0.6 is 0 Å². The minimum Gasteiger partial charge on any atom is -0.497 e. The van der Waals surface area contributed by atoms with E-state index in [1.165, 1.54) is 0 Å². The highest BCUT2D eigenvalue weighted by atomic mass is 16.5. The molecule has 0 unspecified atom stereocenters. The maximum atomic E-state index is 11.5. The molecule has 1 aliphatic carbocycles. The smallest absolute Gasteiger partial charge is 0.309 e. The first kappa shape index (κ1) is 11.0. The van der Waals surface area contributed by atoms with Crippen LogP contribution in [0.1, 0.15) is 31.4 Å². The zero-order valence-corrected chi connectivity index (χ0v) is 9.60. The molecule has 0 bridgehead atoms. The largest absolute Gasteiger partial charge is 0.497 e. The lowest BCUT2D eigenvalue weighted by Crippen LogP contribution is -2.10. The lowest BCUT2D eigenvalue weighted by atomic mass is 10.1. The lowest BCUT2D eigenvalue weighted by Gasteiger charge is -2.14. The summed E-state index contributed by atoms with van der Waals surface area (Å²) in [7, 11) is 1.62. The molecule has 0 aliphatic heterocycles. The molecule has 3 nitrogen and oxygen atoms in total. The molecule has 1 atom stereocenters. The minimum absolute atomic E-state index is 0.0738. The Kier molecular flexibility index (Phi) is 3.13. The summed E-state index contributed by atoms with van der Waals surface area (Å²) >= 11 is 0. The van der Waals surface area contributed by atoms with Crippen molar-refractivity contribution in [2.24, 2.45) is 5.92 Å². The Morgan fingerprint density at radius 1 is 1.44 bits per heavy atom. The Labute approximate surface area is 95.4 Å². The number of carbonyl (C=O) groups is 1. The van der Waals surface area contributed by atoms with Crippen LogP contribution in [0, 0.1) is 5.92 Å². The van der Waals surface area contributed by atoms with Crippen LogP contribution in [0.5, 0.6) is 5.75 Å². The van der Waals surface area contributed by atoms with Gasteiger partial charge in [-0.15, -0.1) is 0 Å². The molecule has 0 heterocycles. The van der Waals surface area contributed by atoms with Crippen molar-refractivity contribution in [2.75, 3.05) is 7.11 Å². The summed E-state index contributed by atoms with van der Waals surface area (Å²) in [5.74, 6) is 0.857. The molecular weight excluding hydrogens is 204 g/mol. The SMILES string of the molecule is COc1cccc([C@H](C)OC(=O)C2CC2)c1. The third kappa shape index (κ3) is 2.54. The molecule has 2 rings (SSSR count). The van der Waals surface area contributed by atoms with Gasteiger partial charge in [0, 0.05) is 0 Å². The summed E-state index contributed by atoms with van der Waals surface area (Å²) in [6, 6.07) is 7.60. The number of esters is 1. The highest BCUT2D eigenvalue weighted by Gasteiger charge is 2.32. The van der Waals surface area contributed by atoms with Crippen LogP contribution in [-0.2, 0) is 9.53 Å². The van der Waals surface area contributed by atoms with Crippen molar-refractivity contribution in [2.45, 2.75) is 25.9 Å². The van der Waals surface area contributed by atoms with Crippen molar-refractivity contribution in [1.29, 1.82) is 0 Å². The van der Waals surface area contributed by atoms with Gasteiger partial charge in [-0.25, -0.2) is 0 Å². The van der Waals surface area contributed by atoms with Crippen LogP contribution in [-0.4, -0.2) is 13.1 Å². The van der Waals surface area contributed by atoms with E-state index in [1.54, 1.807) is 7.11 Å². The first-order valence-electron chi connectivity index (χ1n) is 5.55. The third-order valence-electron chi connectivity index (χ3n) is 2.77. The molecule has 0 amide bonds. The number of benzene rings is 1. The van der Waals surface area contributed by atoms with Crippen LogP contribution in [0.3, 0.4) is 0 Å². The second-order valence-corrected chi connectivity index (χ2v) is 4.13. The van der Waals surface area contributed by atoms with Crippen LogP contribution < -0.4 is 4.74 Å². The van der Waals surface area contributed by atoms with Gasteiger partial charge >= 0.3 is 5.97 Å². The molecule has 1 aliphatic rings. The predicted molar refractivity (Wildman–Crippen MR) is 60.2 cm³/mol. The van der Waals surface area contributed by atoms with Crippen LogP contribution in [0.4, 0.5) is 0 Å². The Hall–Kier alpha value is -1.51. The molecule has 1 aromatic carbocycles. The minimum atomic E-state index is -0.205. The maximum Gasteiger partial charge on any atom is 0.309 e. The van der Waals surface area contributed by atoms with Crippen molar-refractivity contribution in [1.82, 2.24) is 0 Å². The third-order valence-corrected chi connectivity index (χ3v) is 2.77. The molecular formula is C13H16O3. The Bertz CT molecular complexity index is 383. The predicted octanol–water partition coefficient (Wildman–Crippen LogP) is 2.71. The van der Waals surface area contributed by atoms with E-state index in [0.717, 1.165) is 24.2 Å². The summed E-state index contributed by atoms with van der Waals surface area (Å²) in [5.41, 5.74) is 0.966. The summed E-state index contributed by atoms with van der Waals surface area (Å²) in [6.45, 7) is 1.88. The van der Waals surface area contributed by atoms with Crippen molar-refractivity contribution in [3.63, 3.8) is 0 Å². The van der Waals surface area contributed by atoms with Gasteiger partial charge in [-0.3, -0.25) is 4.79 Å². The fourth-order valence-electron chi connectivity index (χ4n) is 1.55. The summed E-state index contributed by atoms with van der Waals surface area (Å²) < 4.78 is 10.5. The standard InChI is InChI=1S/C13H16O3/c1-9(16-13(14)10-6-7-10)11-4-3-5-12(8-11)15-2/h3-5,8-10H,6-7H2,1-2H3/t9-/m0/s1. The van der Waals surface area contributed by atoms with Crippen LogP contribution in [0.25, 0.3) is 0 Å². The van der Waals surface area contributed by atoms with E-state index in [1.807, 2.05) is 31.2 Å². The molecule has 0 radical (unpaired) electrons. The number of rotatable bonds is 4. The number of carbonyl (C=O) groups excluding carboxylic acids is 1. The van der Waals surface area contributed by atoms with E-state index in [2.05, 4.69) is 0 Å². The monoisotopic (exact) mass is 220 g/mol. The van der Waals surface area contributed by atoms with Gasteiger partial charge in [-0.2, -0.15) is 0 Å². The van der Waals surface area contributed by atoms with E-state index in [-0.39, 0.29) is 18.0 Å². The molecule has 16 heavy (non-hydrogen) atoms. The number of hydrogen-bond acceptors (Lipinski definition) is 3. The number of hydrogen-bond donors (Lipinski definition) is 0. The van der Waals surface area contributed by atoms with Gasteiger partial charge in [-0.1, -0.05) is 12.1 Å². The van der Waals surface area contributed by atoms with Gasteiger partial charge in [0.15, 0.2) is 0 Å². The Morgan fingerprint density at radius 3 is 2.81 bits per heavy atom. The normalized spacial score (nSPS) is 16.6. The summed E-state index contributed by atoms with van der Waals surface area (Å²) in [4.78, 5) is 11.5. The topological polar surface area (TPSA) is 35.5 Å². The highest BCUT2D eigenvalue weighted by Crippen LogP contribution is 2.32. The van der Waals surface area contributed by atoms with Gasteiger partial charge in [0.2, 0.25) is 0 Å². The van der Waals surface area contributed by atoms with Crippen molar-refractivity contribution in [3.05, 3.63) is 29.8 Å². The number of methoxy groups -OCH3 is 1. The Balaban J connectivity index is 2.01. The van der Waals surface area contributed by atoms with Gasteiger partial charge in [0.1, 0.15) is 11.9 Å². The van der Waals surface area contributed by atoms with Gasteiger partial charge in [-0.05, 0) is 37.5 Å². The molecule has 1 saturated carbocycles. The van der Waals surface area contributed by atoms with E-state index in [0.29, 0.717) is 0 Å². The first-order valence-corrected chi connectivity index (χ1v) is 5.55. The molecule has 1 aromatic rings. The zero-order chi connectivity index (χ0) is 11.5. The molecule has 0 N–H and O–H groups in total. The van der Waals surface area contributed by atoms with E-state index < -0.39 is 0 Å². The second kappa shape index (κ2) is 4.56. The second-order valence-electron chi connectivity index (χ2n) is 4.13. The van der Waals surface area contributed by atoms with Crippen molar-refractivity contribution in [3.8, 4) is 5.75 Å². The van der Waals surface area contributed by atoms with Crippen LogP contribution in [0.2, 0.25) is 0 Å². The molecule has 0 spiro atoms. The van der Waals surface area contributed by atoms with E-state index in [9.17, 15) is 4.79 Å². The van der Waals surface area contributed by atoms with Crippen LogP contribution in [0.15, 0.2) is 24.3 Å². The summed E-state index contributed by atoms with van der Waals surface area (Å²) in [6.07, 6.45) is 1.75. The molecule has 3 heteroatoms. The molecule has 0 aromatic heterocycles. The maximum absolute atomic E-state index is 11.5. The average Bonchev–Trinajstić information content (AvgIpc) is 3.13. The van der Waals surface area contributed by atoms with Gasteiger partial charge in [0.25, 0.3) is 0 Å². The Morgan fingerprint density at radius 2 is 2.19 bits per heavy atom. The van der Waals surface area contributed by atoms with Gasteiger partial charge < -0.3 is 9.47 Å². The number of ether oxygens (including phenoxy) is 2. The average molecular weight is 220 g/mol. The van der Waals surface area contributed by atoms with Gasteiger partial charge in [0.05, 0.1) is 13.0 Å². The highest BCUT2D eigenvalue weighted by molar-refractivity contribution is 5.75. The summed E-state index contributed by atoms with van der Waals surface area (Å²) in [5, 5.41) is 0. The zero-order valence-electron chi connectivity index (χ0n) is 9.60. The molecule has 86 valence electrons. The fraction of sp³-hybridized carbons (Fsp3) is 0.462. The van der Waals surface area contributed by atoms with Crippen molar-refractivity contribution < 1.29 is 14.3 Å².